The fourth-order valence-corrected chi connectivity index (χ4v) is 4.70. The quantitative estimate of drug-likeness (QED) is 0.401. The molecule has 2 aliphatic heterocycles. The Bertz CT molecular complexity index is 1270. The molecule has 2 aromatic carbocycles. The third kappa shape index (κ3) is 7.51. The van der Waals surface area contributed by atoms with E-state index in [1.165, 1.54) is 4.90 Å². The normalized spacial score (nSPS) is 18.8. The zero-order valence-electron chi connectivity index (χ0n) is 24.1. The first-order chi connectivity index (χ1) is 19.5. The fourth-order valence-electron chi connectivity index (χ4n) is 4.70. The summed E-state index contributed by atoms with van der Waals surface area (Å²) in [5.74, 6) is 1.33. The molecular weight excluding hydrogens is 530 g/mol. The Labute approximate surface area is 239 Å². The van der Waals surface area contributed by atoms with Crippen molar-refractivity contribution in [3.8, 4) is 17.2 Å². The molecule has 12 nitrogen and oxygen atoms in total. The van der Waals surface area contributed by atoms with Gasteiger partial charge < -0.3 is 45.1 Å². The molecule has 0 bridgehead atoms. The maximum atomic E-state index is 13.4. The minimum atomic E-state index is -0.483. The summed E-state index contributed by atoms with van der Waals surface area (Å²) in [6.45, 7) is 7.98. The SMILES string of the molecule is CC(C)NC(=O)Nc1ccc2c(c1)CC(=O)N([C@@H](C)CO)C[C@@H](C)[C@H](CN(C)C(=O)Nc1ccc3c(c1)OCO3)O2. The Balaban J connectivity index is 1.55. The monoisotopic (exact) mass is 569 g/mol. The lowest BCUT2D eigenvalue weighted by Gasteiger charge is -2.34. The molecule has 2 aromatic rings. The van der Waals surface area contributed by atoms with Gasteiger partial charge in [0.2, 0.25) is 12.7 Å². The molecule has 222 valence electrons. The number of ether oxygens (including phenoxy) is 3. The van der Waals surface area contributed by atoms with Gasteiger partial charge in [-0.05, 0) is 51.1 Å². The molecule has 0 saturated heterocycles. The predicted octanol–water partition coefficient (Wildman–Crippen LogP) is 3.26. The van der Waals surface area contributed by atoms with Crippen LogP contribution in [0.2, 0.25) is 0 Å². The summed E-state index contributed by atoms with van der Waals surface area (Å²) in [5, 5.41) is 18.3. The molecule has 0 aromatic heterocycles. The van der Waals surface area contributed by atoms with Crippen LogP contribution in [0.25, 0.3) is 0 Å². The van der Waals surface area contributed by atoms with Gasteiger partial charge in [0.05, 0.1) is 25.6 Å². The standard InChI is InChI=1S/C29H39N5O7/c1-17(2)30-28(37)31-21-6-8-23-20(10-21)11-27(36)34(19(4)15-35)13-18(3)26(41-23)14-33(5)29(38)32-22-7-9-24-25(12-22)40-16-39-24/h6-10,12,17-19,26,35H,11,13-16H2,1-5H3,(H,32,38)(H2,30,31,37)/t18-,19+,26+/m1/s1. The van der Waals surface area contributed by atoms with Gasteiger partial charge >= 0.3 is 12.1 Å². The van der Waals surface area contributed by atoms with Gasteiger partial charge in [0.15, 0.2) is 11.5 Å². The first-order valence-corrected chi connectivity index (χ1v) is 13.7. The molecule has 0 unspecified atom stereocenters. The number of carbonyl (C=O) groups excluding carboxylic acids is 3. The number of nitrogens with zero attached hydrogens (tertiary/aromatic N) is 2. The number of aliphatic hydroxyl groups excluding tert-OH is 1. The van der Waals surface area contributed by atoms with Crippen molar-refractivity contribution in [1.82, 2.24) is 15.1 Å². The summed E-state index contributed by atoms with van der Waals surface area (Å²) in [4.78, 5) is 41.9. The average molecular weight is 570 g/mol. The number of carbonyl (C=O) groups is 3. The summed E-state index contributed by atoms with van der Waals surface area (Å²) in [6, 6.07) is 9.20. The number of rotatable bonds is 7. The third-order valence-corrected chi connectivity index (χ3v) is 7.02. The van der Waals surface area contributed by atoms with Crippen LogP contribution >= 0.6 is 0 Å². The zero-order valence-corrected chi connectivity index (χ0v) is 24.1. The molecular formula is C29H39N5O7. The largest absolute Gasteiger partial charge is 0.488 e. The van der Waals surface area contributed by atoms with Crippen molar-refractivity contribution in [3.63, 3.8) is 0 Å². The topological polar surface area (TPSA) is 142 Å². The van der Waals surface area contributed by atoms with Crippen molar-refractivity contribution in [1.29, 1.82) is 0 Å². The van der Waals surface area contributed by atoms with Gasteiger partial charge in [-0.3, -0.25) is 4.79 Å². The Kier molecular flexibility index (Phi) is 9.43. The number of urea groups is 2. The maximum absolute atomic E-state index is 13.4. The van der Waals surface area contributed by atoms with E-state index in [2.05, 4.69) is 16.0 Å². The molecule has 2 heterocycles. The number of nitrogens with one attached hydrogen (secondary N) is 3. The number of fused-ring (bicyclic) bond motifs is 2. The Morgan fingerprint density at radius 1 is 1.05 bits per heavy atom. The van der Waals surface area contributed by atoms with Crippen LogP contribution in [-0.2, 0) is 11.2 Å². The molecule has 3 atom stereocenters. The number of hydrogen-bond acceptors (Lipinski definition) is 7. The minimum absolute atomic E-state index is 0.0286. The molecule has 4 rings (SSSR count). The number of anilines is 2. The van der Waals surface area contributed by atoms with E-state index < -0.39 is 12.1 Å². The van der Waals surface area contributed by atoms with Gasteiger partial charge in [0.25, 0.3) is 0 Å². The van der Waals surface area contributed by atoms with Crippen LogP contribution in [0, 0.1) is 5.92 Å². The molecule has 0 spiro atoms. The fraction of sp³-hybridized carbons (Fsp3) is 0.483. The van der Waals surface area contributed by atoms with Gasteiger partial charge in [0.1, 0.15) is 11.9 Å². The number of hydrogen-bond donors (Lipinski definition) is 4. The van der Waals surface area contributed by atoms with Crippen LogP contribution in [-0.4, -0.2) is 84.6 Å². The molecule has 4 N–H and O–H groups in total. The highest BCUT2D eigenvalue weighted by molar-refractivity contribution is 5.90. The van der Waals surface area contributed by atoms with E-state index in [9.17, 15) is 19.5 Å². The second-order valence-corrected chi connectivity index (χ2v) is 10.8. The second kappa shape index (κ2) is 13.0. The number of amides is 5. The zero-order chi connectivity index (χ0) is 29.7. The van der Waals surface area contributed by atoms with E-state index in [1.54, 1.807) is 55.3 Å². The molecule has 12 heteroatoms. The summed E-state index contributed by atoms with van der Waals surface area (Å²) >= 11 is 0. The van der Waals surface area contributed by atoms with Crippen LogP contribution in [0.5, 0.6) is 17.2 Å². The van der Waals surface area contributed by atoms with Crippen LogP contribution in [0.4, 0.5) is 21.0 Å². The van der Waals surface area contributed by atoms with Gasteiger partial charge in [-0.2, -0.15) is 0 Å². The minimum Gasteiger partial charge on any atom is -0.488 e. The van der Waals surface area contributed by atoms with Gasteiger partial charge in [0, 0.05) is 48.6 Å². The van der Waals surface area contributed by atoms with E-state index in [4.69, 9.17) is 14.2 Å². The predicted molar refractivity (Wildman–Crippen MR) is 153 cm³/mol. The summed E-state index contributed by atoms with van der Waals surface area (Å²) in [7, 11) is 1.67. The van der Waals surface area contributed by atoms with Crippen molar-refractivity contribution in [2.24, 2.45) is 5.92 Å². The average Bonchev–Trinajstić information content (AvgIpc) is 3.40. The van der Waals surface area contributed by atoms with Gasteiger partial charge in [-0.15, -0.1) is 0 Å². The molecule has 41 heavy (non-hydrogen) atoms. The molecule has 0 fully saturated rings. The van der Waals surface area contributed by atoms with E-state index in [0.717, 1.165) is 0 Å². The highest BCUT2D eigenvalue weighted by Crippen LogP contribution is 2.34. The first kappa shape index (κ1) is 29.8. The number of aliphatic hydroxyl groups is 1. The lowest BCUT2D eigenvalue weighted by molar-refractivity contribution is -0.134. The van der Waals surface area contributed by atoms with Gasteiger partial charge in [-0.1, -0.05) is 6.92 Å². The number of likely N-dealkylation sites (N-methyl/N-ethyl adjacent to an activating group) is 1. The highest BCUT2D eigenvalue weighted by Gasteiger charge is 2.32. The van der Waals surface area contributed by atoms with E-state index >= 15 is 0 Å². The Morgan fingerprint density at radius 2 is 1.73 bits per heavy atom. The summed E-state index contributed by atoms with van der Waals surface area (Å²) in [6.07, 6.45) is -0.454. The van der Waals surface area contributed by atoms with Crippen LogP contribution in [0.15, 0.2) is 36.4 Å². The molecule has 2 aliphatic rings. The van der Waals surface area contributed by atoms with Crippen LogP contribution in [0.1, 0.15) is 33.3 Å². The molecule has 0 aliphatic carbocycles. The Morgan fingerprint density at radius 3 is 2.44 bits per heavy atom. The van der Waals surface area contributed by atoms with Crippen LogP contribution in [0.3, 0.4) is 0 Å². The van der Waals surface area contributed by atoms with Crippen molar-refractivity contribution in [2.45, 2.75) is 52.3 Å². The molecule has 0 radical (unpaired) electrons. The maximum Gasteiger partial charge on any atom is 0.321 e. The Hall–Kier alpha value is -4.19. The summed E-state index contributed by atoms with van der Waals surface area (Å²) < 4.78 is 17.2. The third-order valence-electron chi connectivity index (χ3n) is 7.02. The lowest BCUT2D eigenvalue weighted by Crippen LogP contribution is -2.48. The van der Waals surface area contributed by atoms with E-state index in [-0.39, 0.29) is 56.3 Å². The summed E-state index contributed by atoms with van der Waals surface area (Å²) in [5.41, 5.74) is 1.68. The van der Waals surface area contributed by atoms with E-state index in [1.807, 2.05) is 20.8 Å². The van der Waals surface area contributed by atoms with Gasteiger partial charge in [-0.25, -0.2) is 9.59 Å². The van der Waals surface area contributed by atoms with Crippen LogP contribution < -0.4 is 30.2 Å². The van der Waals surface area contributed by atoms with Crippen molar-refractivity contribution in [3.05, 3.63) is 42.0 Å². The first-order valence-electron chi connectivity index (χ1n) is 13.7. The van der Waals surface area contributed by atoms with Crippen molar-refractivity contribution >= 4 is 29.3 Å². The molecule has 5 amide bonds. The lowest BCUT2D eigenvalue weighted by atomic mass is 10.0. The second-order valence-electron chi connectivity index (χ2n) is 10.8. The smallest absolute Gasteiger partial charge is 0.321 e. The van der Waals surface area contributed by atoms with Crippen molar-refractivity contribution < 1.29 is 33.7 Å². The number of benzene rings is 2. The van der Waals surface area contributed by atoms with E-state index in [0.29, 0.717) is 40.7 Å². The molecule has 0 saturated carbocycles. The highest BCUT2D eigenvalue weighted by atomic mass is 16.7. The van der Waals surface area contributed by atoms with Crippen molar-refractivity contribution in [2.75, 3.05) is 44.2 Å².